The zero-order valence-corrected chi connectivity index (χ0v) is 12.5. The molecule has 0 aromatic heterocycles. The number of amides is 1. The van der Waals surface area contributed by atoms with Crippen molar-refractivity contribution in [2.75, 3.05) is 31.5 Å². The summed E-state index contributed by atoms with van der Waals surface area (Å²) in [5.74, 6) is 0.247. The van der Waals surface area contributed by atoms with Crippen LogP contribution in [0.15, 0.2) is 24.3 Å². The molecule has 1 amide bonds. The highest BCUT2D eigenvalue weighted by molar-refractivity contribution is 5.92. The normalized spacial score (nSPS) is 18.4. The van der Waals surface area contributed by atoms with Gasteiger partial charge < -0.3 is 10.6 Å². The van der Waals surface area contributed by atoms with Gasteiger partial charge in [-0.1, -0.05) is 26.0 Å². The lowest BCUT2D eigenvalue weighted by Gasteiger charge is -2.18. The summed E-state index contributed by atoms with van der Waals surface area (Å²) in [5.41, 5.74) is 2.16. The molecule has 2 rings (SSSR count). The van der Waals surface area contributed by atoms with Gasteiger partial charge in [0.15, 0.2) is 0 Å². The van der Waals surface area contributed by atoms with Gasteiger partial charge in [-0.3, -0.25) is 9.69 Å². The van der Waals surface area contributed by atoms with Crippen LogP contribution in [-0.4, -0.2) is 37.0 Å². The van der Waals surface area contributed by atoms with Crippen LogP contribution in [0.5, 0.6) is 0 Å². The van der Waals surface area contributed by atoms with Crippen LogP contribution in [0.3, 0.4) is 0 Å². The smallest absolute Gasteiger partial charge is 0.228 e. The third-order valence-electron chi connectivity index (χ3n) is 3.93. The molecular weight excluding hydrogens is 250 g/mol. The summed E-state index contributed by atoms with van der Waals surface area (Å²) in [5, 5.41) is 6.26. The fraction of sp³-hybridized carbons (Fsp3) is 0.562. The number of benzene rings is 1. The number of nitrogens with zero attached hydrogens (tertiary/aromatic N) is 1. The van der Waals surface area contributed by atoms with Crippen LogP contribution in [0.4, 0.5) is 5.69 Å². The number of anilines is 1. The molecule has 1 aliphatic heterocycles. The van der Waals surface area contributed by atoms with Crippen LogP contribution < -0.4 is 10.6 Å². The topological polar surface area (TPSA) is 44.4 Å². The predicted octanol–water partition coefficient (Wildman–Crippen LogP) is 2.08. The van der Waals surface area contributed by atoms with Gasteiger partial charge in [-0.15, -0.1) is 0 Å². The Morgan fingerprint density at radius 3 is 2.85 bits per heavy atom. The van der Waals surface area contributed by atoms with Crippen LogP contribution in [-0.2, 0) is 11.3 Å². The summed E-state index contributed by atoms with van der Waals surface area (Å²) in [6.45, 7) is 9.10. The van der Waals surface area contributed by atoms with E-state index in [2.05, 4.69) is 41.5 Å². The van der Waals surface area contributed by atoms with Crippen LogP contribution in [0.1, 0.15) is 25.8 Å². The van der Waals surface area contributed by atoms with Gasteiger partial charge in [-0.25, -0.2) is 0 Å². The maximum Gasteiger partial charge on any atom is 0.228 e. The minimum atomic E-state index is 0.112. The highest BCUT2D eigenvalue weighted by Gasteiger charge is 2.22. The largest absolute Gasteiger partial charge is 0.326 e. The monoisotopic (exact) mass is 275 g/mol. The molecule has 1 heterocycles. The van der Waals surface area contributed by atoms with Crippen molar-refractivity contribution in [1.82, 2.24) is 10.2 Å². The zero-order valence-electron chi connectivity index (χ0n) is 12.5. The van der Waals surface area contributed by atoms with Gasteiger partial charge >= 0.3 is 0 Å². The van der Waals surface area contributed by atoms with Crippen molar-refractivity contribution in [3.05, 3.63) is 29.8 Å². The van der Waals surface area contributed by atoms with E-state index in [1.54, 1.807) is 0 Å². The molecule has 0 radical (unpaired) electrons. The molecule has 0 aliphatic carbocycles. The molecule has 1 saturated heterocycles. The summed E-state index contributed by atoms with van der Waals surface area (Å²) in [6, 6.07) is 8.18. The Labute approximate surface area is 121 Å². The van der Waals surface area contributed by atoms with Gasteiger partial charge in [0.2, 0.25) is 5.91 Å². The van der Waals surface area contributed by atoms with E-state index in [1.807, 2.05) is 12.1 Å². The Hall–Kier alpha value is -1.39. The average molecular weight is 275 g/mol. The van der Waals surface area contributed by atoms with Crippen molar-refractivity contribution >= 4 is 11.6 Å². The maximum atomic E-state index is 12.1. The molecular formula is C16H25N3O. The second-order valence-electron chi connectivity index (χ2n) is 5.34. The molecule has 1 aromatic rings. The Morgan fingerprint density at radius 1 is 1.40 bits per heavy atom. The Morgan fingerprint density at radius 2 is 2.20 bits per heavy atom. The number of nitrogens with one attached hydrogen (secondary N) is 2. The molecule has 0 bridgehead atoms. The van der Waals surface area contributed by atoms with Crippen LogP contribution in [0.2, 0.25) is 0 Å². The van der Waals surface area contributed by atoms with Gasteiger partial charge in [-0.2, -0.15) is 0 Å². The average Bonchev–Trinajstić information content (AvgIpc) is 2.99. The second-order valence-corrected chi connectivity index (χ2v) is 5.34. The molecule has 4 nitrogen and oxygen atoms in total. The highest BCUT2D eigenvalue weighted by atomic mass is 16.1. The molecule has 20 heavy (non-hydrogen) atoms. The summed E-state index contributed by atoms with van der Waals surface area (Å²) in [6.07, 6.45) is 0.935. The Kier molecular flexibility index (Phi) is 5.56. The van der Waals surface area contributed by atoms with Crippen LogP contribution in [0, 0.1) is 5.92 Å². The molecule has 1 fully saturated rings. The molecule has 1 aromatic carbocycles. The van der Waals surface area contributed by atoms with E-state index in [-0.39, 0.29) is 11.8 Å². The van der Waals surface area contributed by atoms with Crippen molar-refractivity contribution in [3.63, 3.8) is 0 Å². The van der Waals surface area contributed by atoms with E-state index in [0.29, 0.717) is 0 Å². The molecule has 0 spiro atoms. The lowest BCUT2D eigenvalue weighted by atomic mass is 10.1. The van der Waals surface area contributed by atoms with Crippen LogP contribution >= 0.6 is 0 Å². The molecule has 0 saturated carbocycles. The van der Waals surface area contributed by atoms with Crippen molar-refractivity contribution in [2.24, 2.45) is 5.92 Å². The van der Waals surface area contributed by atoms with Gasteiger partial charge in [0.05, 0.1) is 5.92 Å². The van der Waals surface area contributed by atoms with Crippen molar-refractivity contribution in [1.29, 1.82) is 0 Å². The number of hydrogen-bond acceptors (Lipinski definition) is 3. The first kappa shape index (κ1) is 15.0. The first-order valence-electron chi connectivity index (χ1n) is 7.55. The van der Waals surface area contributed by atoms with Crippen molar-refractivity contribution < 1.29 is 4.79 Å². The molecule has 2 N–H and O–H groups in total. The molecule has 4 heteroatoms. The van der Waals surface area contributed by atoms with E-state index in [9.17, 15) is 4.79 Å². The second kappa shape index (κ2) is 7.41. The molecule has 110 valence electrons. The summed E-state index contributed by atoms with van der Waals surface area (Å²) >= 11 is 0. The minimum Gasteiger partial charge on any atom is -0.326 e. The van der Waals surface area contributed by atoms with E-state index in [1.165, 1.54) is 5.56 Å². The fourth-order valence-corrected chi connectivity index (χ4v) is 2.58. The third kappa shape index (κ3) is 4.05. The summed E-state index contributed by atoms with van der Waals surface area (Å²) < 4.78 is 0. The lowest BCUT2D eigenvalue weighted by molar-refractivity contribution is -0.119. The summed E-state index contributed by atoms with van der Waals surface area (Å²) in [4.78, 5) is 14.5. The number of rotatable bonds is 6. The third-order valence-corrected chi connectivity index (χ3v) is 3.93. The first-order chi connectivity index (χ1) is 9.72. The van der Waals surface area contributed by atoms with E-state index in [0.717, 1.165) is 44.8 Å². The molecule has 1 unspecified atom stereocenters. The Balaban J connectivity index is 1.96. The molecule has 1 aliphatic rings. The minimum absolute atomic E-state index is 0.112. The number of hydrogen-bond donors (Lipinski definition) is 2. The SMILES string of the molecule is CCN(CC)Cc1cccc(NC(=O)C2CCNC2)c1. The fourth-order valence-electron chi connectivity index (χ4n) is 2.58. The first-order valence-corrected chi connectivity index (χ1v) is 7.55. The quantitative estimate of drug-likeness (QED) is 0.835. The van der Waals surface area contributed by atoms with Crippen molar-refractivity contribution in [2.45, 2.75) is 26.8 Å². The standard InChI is InChI=1S/C16H25N3O/c1-3-19(4-2)12-13-6-5-7-15(10-13)18-16(20)14-8-9-17-11-14/h5-7,10,14,17H,3-4,8-9,11-12H2,1-2H3,(H,18,20). The van der Waals surface area contributed by atoms with E-state index in [4.69, 9.17) is 0 Å². The van der Waals surface area contributed by atoms with Crippen molar-refractivity contribution in [3.8, 4) is 0 Å². The van der Waals surface area contributed by atoms with Gasteiger partial charge in [0.25, 0.3) is 0 Å². The summed E-state index contributed by atoms with van der Waals surface area (Å²) in [7, 11) is 0. The van der Waals surface area contributed by atoms with E-state index < -0.39 is 0 Å². The number of carbonyl (C=O) groups is 1. The number of carbonyl (C=O) groups excluding carboxylic acids is 1. The molecule has 1 atom stereocenters. The van der Waals surface area contributed by atoms with Gasteiger partial charge in [0, 0.05) is 18.8 Å². The Bertz CT molecular complexity index is 437. The van der Waals surface area contributed by atoms with Gasteiger partial charge in [-0.05, 0) is 43.8 Å². The lowest BCUT2D eigenvalue weighted by Crippen LogP contribution is -2.25. The van der Waals surface area contributed by atoms with Gasteiger partial charge in [0.1, 0.15) is 0 Å². The predicted molar refractivity (Wildman–Crippen MR) is 82.7 cm³/mol. The van der Waals surface area contributed by atoms with Crippen LogP contribution in [0.25, 0.3) is 0 Å². The maximum absolute atomic E-state index is 12.1. The van der Waals surface area contributed by atoms with E-state index >= 15 is 0 Å². The highest BCUT2D eigenvalue weighted by Crippen LogP contribution is 2.15. The zero-order chi connectivity index (χ0) is 14.4.